The van der Waals surface area contributed by atoms with Crippen molar-refractivity contribution in [1.29, 1.82) is 0 Å². The van der Waals surface area contributed by atoms with Crippen LogP contribution in [0.3, 0.4) is 0 Å². The van der Waals surface area contributed by atoms with Gasteiger partial charge in [-0.2, -0.15) is 0 Å². The maximum absolute atomic E-state index is 12.3. The van der Waals surface area contributed by atoms with Crippen LogP contribution in [0.1, 0.15) is 54.9 Å². The zero-order valence-electron chi connectivity index (χ0n) is 15.5. The lowest BCUT2D eigenvalue weighted by molar-refractivity contribution is 0.00578. The van der Waals surface area contributed by atoms with E-state index in [0.717, 1.165) is 19.5 Å². The van der Waals surface area contributed by atoms with E-state index in [4.69, 9.17) is 14.0 Å². The van der Waals surface area contributed by atoms with Crippen molar-refractivity contribution < 1.29 is 18.8 Å². The predicted molar refractivity (Wildman–Crippen MR) is 89.2 cm³/mol. The van der Waals surface area contributed by atoms with Crippen LogP contribution < -0.4 is 0 Å². The largest absolute Gasteiger partial charge is 0.461 e. The topological polar surface area (TPSA) is 48.0 Å². The molecule has 130 valence electrons. The third kappa shape index (κ3) is 3.12. The van der Waals surface area contributed by atoms with Gasteiger partial charge in [-0.25, -0.2) is 4.79 Å². The van der Waals surface area contributed by atoms with E-state index in [2.05, 4.69) is 27.7 Å². The summed E-state index contributed by atoms with van der Waals surface area (Å²) in [6.45, 7) is 15.6. The van der Waals surface area contributed by atoms with Crippen molar-refractivity contribution in [2.24, 2.45) is 11.8 Å². The Bertz CT molecular complexity index is 483. The Labute approximate surface area is 140 Å². The van der Waals surface area contributed by atoms with Crippen molar-refractivity contribution >= 4 is 13.2 Å². The number of fused-ring (bicyclic) bond motifs is 1. The molecule has 2 heterocycles. The minimum Gasteiger partial charge on any atom is -0.444 e. The Morgan fingerprint density at radius 3 is 2.22 bits per heavy atom. The first kappa shape index (κ1) is 17.1. The highest BCUT2D eigenvalue weighted by molar-refractivity contribution is 6.49. The first-order chi connectivity index (χ1) is 10.4. The molecule has 0 N–H and O–H groups in total. The molecule has 3 rings (SSSR count). The highest BCUT2D eigenvalue weighted by Gasteiger charge is 2.65. The maximum atomic E-state index is 12.3. The van der Waals surface area contributed by atoms with Crippen LogP contribution in [0.4, 0.5) is 4.79 Å². The summed E-state index contributed by atoms with van der Waals surface area (Å²) < 4.78 is 17.9. The number of ether oxygens (including phenoxy) is 1. The molecular weight excluding hydrogens is 293 g/mol. The normalized spacial score (nSPS) is 35.0. The SMILES string of the molecule is CC(C)(C)OC(=O)N1CC[C@H]2[C@@H](C1)[C@@H]2B1OC(C)(C)C(C)(C)O1. The molecule has 0 aromatic rings. The van der Waals surface area contributed by atoms with Gasteiger partial charge in [-0.1, -0.05) is 0 Å². The van der Waals surface area contributed by atoms with Gasteiger partial charge in [0.25, 0.3) is 0 Å². The number of hydrogen-bond donors (Lipinski definition) is 0. The second-order valence-corrected chi connectivity index (χ2v) is 9.24. The standard InChI is InChI=1S/C17H30BNO4/c1-15(2,3)21-14(20)19-9-8-11-12(10-19)13(11)18-22-16(4,5)17(6,7)23-18/h11-13H,8-10H2,1-7H3/t11-,12+,13+/m0/s1. The summed E-state index contributed by atoms with van der Waals surface area (Å²) in [4.78, 5) is 14.1. The van der Waals surface area contributed by atoms with E-state index in [1.165, 1.54) is 0 Å². The predicted octanol–water partition coefficient (Wildman–Crippen LogP) is 3.34. The summed E-state index contributed by atoms with van der Waals surface area (Å²) in [5.41, 5.74) is -1.01. The first-order valence-corrected chi connectivity index (χ1v) is 8.75. The van der Waals surface area contributed by atoms with E-state index >= 15 is 0 Å². The molecule has 3 aliphatic rings. The molecule has 1 amide bonds. The first-order valence-electron chi connectivity index (χ1n) is 8.75. The molecule has 0 bridgehead atoms. The van der Waals surface area contributed by atoms with Gasteiger partial charge >= 0.3 is 13.2 Å². The summed E-state index contributed by atoms with van der Waals surface area (Å²) in [6.07, 6.45) is 0.814. The third-order valence-electron chi connectivity index (χ3n) is 5.80. The Kier molecular flexibility index (Phi) is 3.81. The van der Waals surface area contributed by atoms with Gasteiger partial charge in [-0.3, -0.25) is 0 Å². The summed E-state index contributed by atoms with van der Waals surface area (Å²) in [5, 5.41) is 0. The van der Waals surface area contributed by atoms with E-state index < -0.39 is 5.60 Å². The van der Waals surface area contributed by atoms with Crippen LogP contribution >= 0.6 is 0 Å². The number of rotatable bonds is 1. The molecule has 2 aliphatic heterocycles. The second kappa shape index (κ2) is 5.12. The van der Waals surface area contributed by atoms with Crippen LogP contribution in [0.5, 0.6) is 0 Å². The van der Waals surface area contributed by atoms with E-state index in [-0.39, 0.29) is 24.4 Å². The van der Waals surface area contributed by atoms with Crippen LogP contribution in [0, 0.1) is 11.8 Å². The minimum absolute atomic E-state index is 0.145. The van der Waals surface area contributed by atoms with E-state index in [9.17, 15) is 4.79 Å². The molecule has 0 spiro atoms. The highest BCUT2D eigenvalue weighted by Crippen LogP contribution is 2.61. The fourth-order valence-corrected chi connectivity index (χ4v) is 3.73. The fourth-order valence-electron chi connectivity index (χ4n) is 3.73. The average molecular weight is 323 g/mol. The van der Waals surface area contributed by atoms with Gasteiger partial charge in [-0.15, -0.1) is 0 Å². The van der Waals surface area contributed by atoms with Crippen molar-refractivity contribution in [2.45, 2.75) is 77.5 Å². The number of carbonyl (C=O) groups excluding carboxylic acids is 1. The quantitative estimate of drug-likeness (QED) is 0.695. The molecule has 0 aromatic carbocycles. The van der Waals surface area contributed by atoms with Gasteiger partial charge in [0.1, 0.15) is 5.60 Å². The van der Waals surface area contributed by atoms with Crippen molar-refractivity contribution in [3.63, 3.8) is 0 Å². The highest BCUT2D eigenvalue weighted by atomic mass is 16.7. The van der Waals surface area contributed by atoms with Gasteiger partial charge < -0.3 is 18.9 Å². The van der Waals surface area contributed by atoms with Gasteiger partial charge in [0.15, 0.2) is 0 Å². The van der Waals surface area contributed by atoms with Crippen molar-refractivity contribution in [3.05, 3.63) is 0 Å². The van der Waals surface area contributed by atoms with Crippen LogP contribution in [0.25, 0.3) is 0 Å². The number of carbonyl (C=O) groups is 1. The fraction of sp³-hybridized carbons (Fsp3) is 0.941. The number of likely N-dealkylation sites (tertiary alicyclic amines) is 1. The molecule has 2 saturated heterocycles. The Balaban J connectivity index is 1.59. The van der Waals surface area contributed by atoms with Crippen LogP contribution in [-0.4, -0.2) is 48.0 Å². The number of piperidine rings is 1. The van der Waals surface area contributed by atoms with Crippen LogP contribution in [0.2, 0.25) is 5.82 Å². The lowest BCUT2D eigenvalue weighted by atomic mass is 9.79. The van der Waals surface area contributed by atoms with E-state index in [1.807, 2.05) is 25.7 Å². The molecule has 5 nitrogen and oxygen atoms in total. The van der Waals surface area contributed by atoms with Crippen LogP contribution in [-0.2, 0) is 14.0 Å². The Hall–Kier alpha value is -0.745. The number of nitrogens with zero attached hydrogens (tertiary/aromatic N) is 1. The monoisotopic (exact) mass is 323 g/mol. The molecule has 0 unspecified atom stereocenters. The summed E-state index contributed by atoms with van der Waals surface area (Å²) >= 11 is 0. The van der Waals surface area contributed by atoms with E-state index in [0.29, 0.717) is 17.7 Å². The third-order valence-corrected chi connectivity index (χ3v) is 5.80. The van der Waals surface area contributed by atoms with E-state index in [1.54, 1.807) is 0 Å². The van der Waals surface area contributed by atoms with Gasteiger partial charge in [-0.05, 0) is 66.7 Å². The van der Waals surface area contributed by atoms with Crippen molar-refractivity contribution in [1.82, 2.24) is 4.90 Å². The molecule has 6 heteroatoms. The lowest BCUT2D eigenvalue weighted by Crippen LogP contribution is -2.41. The van der Waals surface area contributed by atoms with Gasteiger partial charge in [0.2, 0.25) is 0 Å². The average Bonchev–Trinajstić information content (AvgIpc) is 3.02. The number of hydrogen-bond acceptors (Lipinski definition) is 4. The Morgan fingerprint density at radius 2 is 1.70 bits per heavy atom. The van der Waals surface area contributed by atoms with Crippen molar-refractivity contribution in [3.8, 4) is 0 Å². The molecule has 23 heavy (non-hydrogen) atoms. The summed E-state index contributed by atoms with van der Waals surface area (Å²) in [7, 11) is -0.145. The lowest BCUT2D eigenvalue weighted by Gasteiger charge is -2.32. The molecular formula is C17H30BNO4. The van der Waals surface area contributed by atoms with Crippen LogP contribution in [0.15, 0.2) is 0 Å². The van der Waals surface area contributed by atoms with Gasteiger partial charge in [0, 0.05) is 18.9 Å². The molecule has 0 radical (unpaired) electrons. The Morgan fingerprint density at radius 1 is 1.13 bits per heavy atom. The second-order valence-electron chi connectivity index (χ2n) is 9.24. The summed E-state index contributed by atoms with van der Waals surface area (Å²) in [5.74, 6) is 1.50. The summed E-state index contributed by atoms with van der Waals surface area (Å²) in [6, 6.07) is 0. The molecule has 0 aromatic heterocycles. The molecule has 1 saturated carbocycles. The number of amides is 1. The molecule has 1 aliphatic carbocycles. The molecule has 3 atom stereocenters. The van der Waals surface area contributed by atoms with Gasteiger partial charge in [0.05, 0.1) is 11.2 Å². The molecule has 3 fully saturated rings. The zero-order valence-corrected chi connectivity index (χ0v) is 15.5. The minimum atomic E-state index is -0.442. The smallest absolute Gasteiger partial charge is 0.444 e. The van der Waals surface area contributed by atoms with Crippen molar-refractivity contribution in [2.75, 3.05) is 13.1 Å². The maximum Gasteiger partial charge on any atom is 0.461 e. The zero-order chi connectivity index (χ0) is 17.2.